The van der Waals surface area contributed by atoms with Crippen molar-refractivity contribution in [3.63, 3.8) is 0 Å². The maximum absolute atomic E-state index is 6.18. The number of fused-ring (bicyclic) bond motifs is 1. The lowest BCUT2D eigenvalue weighted by atomic mass is 9.66. The quantitative estimate of drug-likeness (QED) is 0.760. The molecule has 0 bridgehead atoms. The van der Waals surface area contributed by atoms with E-state index in [4.69, 9.17) is 11.6 Å². The summed E-state index contributed by atoms with van der Waals surface area (Å²) in [7, 11) is 0. The van der Waals surface area contributed by atoms with Gasteiger partial charge in [0.05, 0.1) is 10.5 Å². The highest BCUT2D eigenvalue weighted by Crippen LogP contribution is 2.40. The average molecular weight is 359 g/mol. The Hall–Kier alpha value is -0.580. The summed E-state index contributed by atoms with van der Waals surface area (Å²) in [5, 5.41) is 0.698. The van der Waals surface area contributed by atoms with Crippen molar-refractivity contribution >= 4 is 38.8 Å². The lowest BCUT2D eigenvalue weighted by Gasteiger charge is -2.41. The lowest BCUT2D eigenvalue weighted by molar-refractivity contribution is 0.114. The fraction of sp³-hybridized carbons (Fsp3) is 0.533. The second-order valence-corrected chi connectivity index (χ2v) is 7.54. The van der Waals surface area contributed by atoms with Crippen LogP contribution in [0.1, 0.15) is 33.5 Å². The zero-order chi connectivity index (χ0) is 15.0. The first-order chi connectivity index (χ1) is 9.27. The number of rotatable bonds is 5. The number of H-pyrrole nitrogens is 1. The van der Waals surface area contributed by atoms with E-state index in [1.165, 1.54) is 0 Å². The molecule has 0 saturated heterocycles. The molecular formula is C15H21BrClN3. The first-order valence-electron chi connectivity index (χ1n) is 6.73. The second kappa shape index (κ2) is 5.66. The van der Waals surface area contributed by atoms with E-state index in [9.17, 15) is 0 Å². The maximum Gasteiger partial charge on any atom is 0.107 e. The van der Waals surface area contributed by atoms with Gasteiger partial charge >= 0.3 is 0 Å². The Morgan fingerprint density at radius 1 is 1.25 bits per heavy atom. The van der Waals surface area contributed by atoms with Gasteiger partial charge in [0.15, 0.2) is 0 Å². The largest absolute Gasteiger partial charge is 0.342 e. The second-order valence-electron chi connectivity index (χ2n) is 6.57. The van der Waals surface area contributed by atoms with Gasteiger partial charge in [-0.05, 0) is 23.0 Å². The number of imidazole rings is 1. The highest BCUT2D eigenvalue weighted by atomic mass is 79.9. The zero-order valence-corrected chi connectivity index (χ0v) is 14.7. The highest BCUT2D eigenvalue weighted by molar-refractivity contribution is 9.08. The number of benzene rings is 1. The summed E-state index contributed by atoms with van der Waals surface area (Å²) in [5.74, 6) is 0.987. The van der Waals surface area contributed by atoms with E-state index in [0.29, 0.717) is 5.02 Å². The number of nitrogens with zero attached hydrogens (tertiary/aromatic N) is 1. The van der Waals surface area contributed by atoms with Crippen LogP contribution in [-0.2, 0) is 6.42 Å². The number of para-hydroxylation sites is 1. The molecule has 2 N–H and O–H groups in total. The molecule has 0 atom stereocenters. The van der Waals surface area contributed by atoms with Gasteiger partial charge in [0.1, 0.15) is 11.3 Å². The molecule has 0 saturated carbocycles. The minimum Gasteiger partial charge on any atom is -0.342 e. The van der Waals surface area contributed by atoms with Crippen LogP contribution in [0.15, 0.2) is 18.2 Å². The van der Waals surface area contributed by atoms with Crippen molar-refractivity contribution in [3.8, 4) is 0 Å². The topological polar surface area (TPSA) is 40.7 Å². The summed E-state index contributed by atoms with van der Waals surface area (Å²) < 4.78 is 3.10. The smallest absolute Gasteiger partial charge is 0.107 e. The number of aromatic nitrogens is 2. The van der Waals surface area contributed by atoms with Crippen LogP contribution in [0.25, 0.3) is 11.0 Å². The molecule has 2 aromatic rings. The fourth-order valence-corrected chi connectivity index (χ4v) is 3.11. The molecule has 0 aliphatic heterocycles. The SMILES string of the molecule is CC(C)(CNBr)C(C)(C)Cc1nc2c(Cl)cccc2[nH]1. The summed E-state index contributed by atoms with van der Waals surface area (Å²) in [6.07, 6.45) is 0.875. The standard InChI is InChI=1S/C15H21BrClN3/c1-14(2,15(3,4)9-18-16)8-12-19-11-7-5-6-10(17)13(11)20-12/h5-7,18H,8-9H2,1-4H3,(H,19,20). The molecule has 0 unspecified atom stereocenters. The van der Waals surface area contributed by atoms with Crippen LogP contribution in [0, 0.1) is 10.8 Å². The van der Waals surface area contributed by atoms with Crippen molar-refractivity contribution in [2.45, 2.75) is 34.1 Å². The van der Waals surface area contributed by atoms with Gasteiger partial charge < -0.3 is 4.98 Å². The molecule has 0 aliphatic carbocycles. The molecule has 1 aromatic heterocycles. The summed E-state index contributed by atoms with van der Waals surface area (Å²) in [6.45, 7) is 9.95. The van der Waals surface area contributed by atoms with Crippen LogP contribution in [0.4, 0.5) is 0 Å². The fourth-order valence-electron chi connectivity index (χ4n) is 2.20. The number of halogens is 2. The molecule has 20 heavy (non-hydrogen) atoms. The molecule has 2 rings (SSSR count). The summed E-state index contributed by atoms with van der Waals surface area (Å²) in [4.78, 5) is 8.03. The number of nitrogens with one attached hydrogen (secondary N) is 2. The molecule has 1 heterocycles. The highest BCUT2D eigenvalue weighted by Gasteiger charge is 2.37. The van der Waals surface area contributed by atoms with Crippen LogP contribution >= 0.6 is 27.7 Å². The van der Waals surface area contributed by atoms with E-state index < -0.39 is 0 Å². The Morgan fingerprint density at radius 2 is 1.95 bits per heavy atom. The first-order valence-corrected chi connectivity index (χ1v) is 7.90. The van der Waals surface area contributed by atoms with E-state index in [0.717, 1.165) is 29.8 Å². The Labute approximate surface area is 133 Å². The van der Waals surface area contributed by atoms with Crippen molar-refractivity contribution in [1.82, 2.24) is 14.3 Å². The predicted molar refractivity (Wildman–Crippen MR) is 89.3 cm³/mol. The maximum atomic E-state index is 6.18. The Bertz CT molecular complexity index is 604. The molecular weight excluding hydrogens is 338 g/mol. The van der Waals surface area contributed by atoms with Gasteiger partial charge in [0.25, 0.3) is 0 Å². The van der Waals surface area contributed by atoms with Crippen molar-refractivity contribution in [3.05, 3.63) is 29.0 Å². The van der Waals surface area contributed by atoms with Gasteiger partial charge in [-0.15, -0.1) is 0 Å². The van der Waals surface area contributed by atoms with E-state index in [1.807, 2.05) is 18.2 Å². The number of aromatic amines is 1. The van der Waals surface area contributed by atoms with Crippen LogP contribution < -0.4 is 4.34 Å². The zero-order valence-electron chi connectivity index (χ0n) is 12.3. The normalized spacial score (nSPS) is 13.1. The third kappa shape index (κ3) is 3.02. The molecule has 0 spiro atoms. The summed E-state index contributed by atoms with van der Waals surface area (Å²) in [5.41, 5.74) is 2.07. The molecule has 0 radical (unpaired) electrons. The molecule has 0 fully saturated rings. The predicted octanol–water partition coefficient (Wildman–Crippen LogP) is 4.71. The third-order valence-corrected chi connectivity index (χ3v) is 5.05. The average Bonchev–Trinajstić information content (AvgIpc) is 2.72. The van der Waals surface area contributed by atoms with Gasteiger partial charge in [-0.25, -0.2) is 4.98 Å². The molecule has 5 heteroatoms. The minimum atomic E-state index is 0.0914. The van der Waals surface area contributed by atoms with Gasteiger partial charge in [-0.2, -0.15) is 0 Å². The van der Waals surface area contributed by atoms with Crippen LogP contribution in [0.2, 0.25) is 5.02 Å². The lowest BCUT2D eigenvalue weighted by Crippen LogP contribution is -2.40. The monoisotopic (exact) mass is 357 g/mol. The first kappa shape index (κ1) is 15.8. The Kier molecular flexibility index (Phi) is 4.47. The van der Waals surface area contributed by atoms with E-state index in [1.54, 1.807) is 0 Å². The minimum absolute atomic E-state index is 0.0914. The molecule has 1 aromatic carbocycles. The van der Waals surface area contributed by atoms with E-state index >= 15 is 0 Å². The van der Waals surface area contributed by atoms with Gasteiger partial charge in [-0.3, -0.25) is 4.34 Å². The van der Waals surface area contributed by atoms with Gasteiger partial charge in [0.2, 0.25) is 0 Å². The Balaban J connectivity index is 2.29. The molecule has 3 nitrogen and oxygen atoms in total. The van der Waals surface area contributed by atoms with Crippen LogP contribution in [0.3, 0.4) is 0 Å². The summed E-state index contributed by atoms with van der Waals surface area (Å²) >= 11 is 9.49. The molecule has 0 amide bonds. The molecule has 0 aliphatic rings. The summed E-state index contributed by atoms with van der Waals surface area (Å²) in [6, 6.07) is 5.82. The van der Waals surface area contributed by atoms with E-state index in [-0.39, 0.29) is 10.8 Å². The Morgan fingerprint density at radius 3 is 2.55 bits per heavy atom. The van der Waals surface area contributed by atoms with Crippen LogP contribution in [0.5, 0.6) is 0 Å². The van der Waals surface area contributed by atoms with Gasteiger partial charge in [-0.1, -0.05) is 45.4 Å². The third-order valence-electron chi connectivity index (χ3n) is 4.46. The van der Waals surface area contributed by atoms with Gasteiger partial charge in [0, 0.05) is 29.1 Å². The molecule has 110 valence electrons. The van der Waals surface area contributed by atoms with Crippen molar-refractivity contribution in [2.24, 2.45) is 10.8 Å². The number of hydrogen-bond donors (Lipinski definition) is 2. The number of hydrogen-bond acceptors (Lipinski definition) is 2. The van der Waals surface area contributed by atoms with Crippen molar-refractivity contribution < 1.29 is 0 Å². The van der Waals surface area contributed by atoms with E-state index in [2.05, 4.69) is 58.2 Å². The van der Waals surface area contributed by atoms with Crippen LogP contribution in [-0.4, -0.2) is 16.5 Å². The van der Waals surface area contributed by atoms with Crippen molar-refractivity contribution in [1.29, 1.82) is 0 Å². The van der Waals surface area contributed by atoms with Crippen molar-refractivity contribution in [2.75, 3.05) is 6.54 Å².